The first-order chi connectivity index (χ1) is 9.93. The van der Waals surface area contributed by atoms with Gasteiger partial charge in [-0.3, -0.25) is 0 Å². The van der Waals surface area contributed by atoms with Crippen LogP contribution in [0.4, 0.5) is 0 Å². The number of nitrogens with one attached hydrogen (secondary N) is 2. The molecule has 0 heterocycles. The number of rotatable bonds is 10. The van der Waals surface area contributed by atoms with Crippen molar-refractivity contribution in [3.63, 3.8) is 0 Å². The lowest BCUT2D eigenvalue weighted by Crippen LogP contribution is -2.29. The molecule has 0 unspecified atom stereocenters. The minimum atomic E-state index is -3.32. The zero-order valence-electron chi connectivity index (χ0n) is 13.1. The summed E-state index contributed by atoms with van der Waals surface area (Å²) in [5.41, 5.74) is 1.88. The molecule has 5 nitrogen and oxygen atoms in total. The highest BCUT2D eigenvalue weighted by atomic mass is 32.2. The Bertz CT molecular complexity index is 515. The van der Waals surface area contributed by atoms with Crippen molar-refractivity contribution in [3.8, 4) is 0 Å². The van der Waals surface area contributed by atoms with Gasteiger partial charge in [0.15, 0.2) is 0 Å². The number of ether oxygens (including phenoxy) is 1. The largest absolute Gasteiger partial charge is 0.377 e. The Hall–Kier alpha value is -0.950. The summed E-state index contributed by atoms with van der Waals surface area (Å²) < 4.78 is 31.8. The van der Waals surface area contributed by atoms with E-state index >= 15 is 0 Å². The number of benzene rings is 1. The predicted molar refractivity (Wildman–Crippen MR) is 85.5 cm³/mol. The molecule has 0 radical (unpaired) electrons. The normalized spacial score (nSPS) is 12.0. The average Bonchev–Trinajstić information content (AvgIpc) is 2.41. The van der Waals surface area contributed by atoms with Crippen molar-refractivity contribution in [3.05, 3.63) is 35.4 Å². The summed E-state index contributed by atoms with van der Waals surface area (Å²) in [5, 5.41) is 3.23. The smallest absolute Gasteiger partial charge is 0.215 e. The third kappa shape index (κ3) is 8.16. The molecule has 0 saturated carbocycles. The molecular formula is C15H26N2O3S. The minimum Gasteiger partial charge on any atom is -0.377 e. The summed E-state index contributed by atoms with van der Waals surface area (Å²) in [6, 6.07) is 7.63. The van der Waals surface area contributed by atoms with Crippen molar-refractivity contribution in [1.82, 2.24) is 10.0 Å². The molecule has 0 saturated heterocycles. The molecule has 0 bridgehead atoms. The van der Waals surface area contributed by atoms with Crippen LogP contribution in [0.3, 0.4) is 0 Å². The van der Waals surface area contributed by atoms with Gasteiger partial charge in [0.05, 0.1) is 18.5 Å². The summed E-state index contributed by atoms with van der Waals surface area (Å²) in [7, 11) is -3.32. The summed E-state index contributed by atoms with van der Waals surface area (Å²) in [6.07, 6.45) is 0.109. The van der Waals surface area contributed by atoms with Gasteiger partial charge in [0.2, 0.25) is 10.0 Å². The van der Waals surface area contributed by atoms with E-state index in [2.05, 4.69) is 10.0 Å². The molecule has 0 aromatic heterocycles. The van der Waals surface area contributed by atoms with Gasteiger partial charge in [-0.2, -0.15) is 0 Å². The van der Waals surface area contributed by atoms with E-state index in [4.69, 9.17) is 4.74 Å². The van der Waals surface area contributed by atoms with Gasteiger partial charge in [-0.05, 0) is 31.5 Å². The van der Waals surface area contributed by atoms with E-state index in [9.17, 15) is 8.42 Å². The highest BCUT2D eigenvalue weighted by molar-refractivity contribution is 7.88. The molecule has 0 fully saturated rings. The number of hydrogen-bond donors (Lipinski definition) is 2. The molecule has 6 heteroatoms. The SMILES string of the molecule is CCNCc1cccc(CS(=O)(=O)NCCOC(C)C)c1. The maximum Gasteiger partial charge on any atom is 0.215 e. The first kappa shape index (κ1) is 18.1. The second kappa shape index (κ2) is 9.15. The van der Waals surface area contributed by atoms with Crippen LogP contribution in [-0.4, -0.2) is 34.2 Å². The van der Waals surface area contributed by atoms with Crippen LogP contribution >= 0.6 is 0 Å². The third-order valence-electron chi connectivity index (χ3n) is 2.80. The van der Waals surface area contributed by atoms with Crippen molar-refractivity contribution >= 4 is 10.0 Å². The quantitative estimate of drug-likeness (QED) is 0.644. The fourth-order valence-electron chi connectivity index (χ4n) is 1.86. The monoisotopic (exact) mass is 314 g/mol. The molecular weight excluding hydrogens is 288 g/mol. The van der Waals surface area contributed by atoms with Crippen molar-refractivity contribution < 1.29 is 13.2 Å². The summed E-state index contributed by atoms with van der Waals surface area (Å²) in [4.78, 5) is 0. The van der Waals surface area contributed by atoms with E-state index in [-0.39, 0.29) is 11.9 Å². The van der Waals surface area contributed by atoms with E-state index < -0.39 is 10.0 Å². The Labute approximate surface area is 128 Å². The van der Waals surface area contributed by atoms with Gasteiger partial charge in [0.25, 0.3) is 0 Å². The molecule has 21 heavy (non-hydrogen) atoms. The fourth-order valence-corrected chi connectivity index (χ4v) is 2.98. The number of sulfonamides is 1. The van der Waals surface area contributed by atoms with Crippen LogP contribution in [0.15, 0.2) is 24.3 Å². The van der Waals surface area contributed by atoms with Crippen molar-refractivity contribution in [2.45, 2.75) is 39.2 Å². The van der Waals surface area contributed by atoms with Crippen molar-refractivity contribution in [2.75, 3.05) is 19.7 Å². The van der Waals surface area contributed by atoms with Crippen LogP contribution in [0.1, 0.15) is 31.9 Å². The fraction of sp³-hybridized carbons (Fsp3) is 0.600. The van der Waals surface area contributed by atoms with Gasteiger partial charge in [-0.1, -0.05) is 31.2 Å². The van der Waals surface area contributed by atoms with Crippen molar-refractivity contribution in [2.24, 2.45) is 0 Å². The van der Waals surface area contributed by atoms with E-state index in [1.54, 1.807) is 0 Å². The molecule has 1 rings (SSSR count). The Morgan fingerprint density at radius 2 is 1.95 bits per heavy atom. The van der Waals surface area contributed by atoms with Gasteiger partial charge in [-0.25, -0.2) is 13.1 Å². The highest BCUT2D eigenvalue weighted by Crippen LogP contribution is 2.08. The van der Waals surface area contributed by atoms with E-state index in [0.717, 1.165) is 24.2 Å². The molecule has 0 aliphatic carbocycles. The zero-order chi connectivity index (χ0) is 15.7. The molecule has 0 aliphatic rings. The highest BCUT2D eigenvalue weighted by Gasteiger charge is 2.11. The molecule has 0 aliphatic heterocycles. The average molecular weight is 314 g/mol. The predicted octanol–water partition coefficient (Wildman–Crippen LogP) is 1.64. The van der Waals surface area contributed by atoms with E-state index in [0.29, 0.717) is 13.2 Å². The van der Waals surface area contributed by atoms with E-state index in [1.165, 1.54) is 0 Å². The Balaban J connectivity index is 2.50. The zero-order valence-corrected chi connectivity index (χ0v) is 13.9. The lowest BCUT2D eigenvalue weighted by Gasteiger charge is -2.10. The maximum absolute atomic E-state index is 12.0. The molecule has 120 valence electrons. The summed E-state index contributed by atoms with van der Waals surface area (Å²) in [6.45, 7) is 8.21. The molecule has 0 atom stereocenters. The second-order valence-corrected chi connectivity index (χ2v) is 6.98. The van der Waals surface area contributed by atoms with Crippen molar-refractivity contribution in [1.29, 1.82) is 0 Å². The maximum atomic E-state index is 12.0. The first-order valence-corrected chi connectivity index (χ1v) is 8.95. The van der Waals surface area contributed by atoms with Crippen LogP contribution in [0.5, 0.6) is 0 Å². The van der Waals surface area contributed by atoms with Crippen LogP contribution in [0.25, 0.3) is 0 Å². The van der Waals surface area contributed by atoms with E-state index in [1.807, 2.05) is 45.0 Å². The first-order valence-electron chi connectivity index (χ1n) is 7.30. The topological polar surface area (TPSA) is 67.4 Å². The third-order valence-corrected chi connectivity index (χ3v) is 4.16. The summed E-state index contributed by atoms with van der Waals surface area (Å²) in [5.74, 6) is -0.00531. The van der Waals surface area contributed by atoms with Crippen LogP contribution in [0, 0.1) is 0 Å². The van der Waals surface area contributed by atoms with Gasteiger partial charge in [-0.15, -0.1) is 0 Å². The van der Waals surface area contributed by atoms with Gasteiger partial charge >= 0.3 is 0 Å². The lowest BCUT2D eigenvalue weighted by atomic mass is 10.1. The van der Waals surface area contributed by atoms with Crippen LogP contribution < -0.4 is 10.0 Å². The van der Waals surface area contributed by atoms with Gasteiger partial charge in [0.1, 0.15) is 0 Å². The minimum absolute atomic E-state index is 0.00531. The molecule has 2 N–H and O–H groups in total. The van der Waals surface area contributed by atoms with Gasteiger partial charge in [0, 0.05) is 13.1 Å². The molecule has 0 amide bonds. The van der Waals surface area contributed by atoms with Gasteiger partial charge < -0.3 is 10.1 Å². The second-order valence-electron chi connectivity index (χ2n) is 5.17. The molecule has 0 spiro atoms. The Kier molecular flexibility index (Phi) is 7.88. The molecule has 1 aromatic rings. The Morgan fingerprint density at radius 3 is 2.62 bits per heavy atom. The van der Waals surface area contributed by atoms with Crippen LogP contribution in [-0.2, 0) is 27.1 Å². The standard InChI is InChI=1S/C15H26N2O3S/c1-4-16-11-14-6-5-7-15(10-14)12-21(18,19)17-8-9-20-13(2)3/h5-7,10,13,16-17H,4,8-9,11-12H2,1-3H3. The number of hydrogen-bond acceptors (Lipinski definition) is 4. The summed E-state index contributed by atoms with van der Waals surface area (Å²) >= 11 is 0. The molecule has 1 aromatic carbocycles. The lowest BCUT2D eigenvalue weighted by molar-refractivity contribution is 0.0834. The van der Waals surface area contributed by atoms with Crippen LogP contribution in [0.2, 0.25) is 0 Å². The Morgan fingerprint density at radius 1 is 1.24 bits per heavy atom.